The molecule has 0 atom stereocenters. The molecular formula is C21H25N3O2S. The molecule has 0 aliphatic rings. The van der Waals surface area contributed by atoms with Gasteiger partial charge in [0.05, 0.1) is 0 Å². The van der Waals surface area contributed by atoms with Crippen molar-refractivity contribution in [2.24, 2.45) is 5.73 Å². The number of amides is 2. The molecule has 0 unspecified atom stereocenters. The first-order chi connectivity index (χ1) is 12.9. The number of nitrogens with one attached hydrogen (secondary N) is 1. The summed E-state index contributed by atoms with van der Waals surface area (Å²) in [6, 6.07) is 17.2. The van der Waals surface area contributed by atoms with Crippen LogP contribution in [0.5, 0.6) is 0 Å². The van der Waals surface area contributed by atoms with Crippen molar-refractivity contribution in [2.45, 2.75) is 32.7 Å². The van der Waals surface area contributed by atoms with Gasteiger partial charge in [0.1, 0.15) is 0 Å². The molecule has 0 radical (unpaired) electrons. The Balaban J connectivity index is 2.06. The first kappa shape index (κ1) is 20.6. The summed E-state index contributed by atoms with van der Waals surface area (Å²) in [6.07, 6.45) is 0.159. The Morgan fingerprint density at radius 1 is 1.07 bits per heavy atom. The minimum atomic E-state index is -0.411. The summed E-state index contributed by atoms with van der Waals surface area (Å²) in [4.78, 5) is 25.5. The van der Waals surface area contributed by atoms with Crippen LogP contribution in [0.2, 0.25) is 0 Å². The minimum absolute atomic E-state index is 0.159. The van der Waals surface area contributed by atoms with Crippen LogP contribution in [0.1, 0.15) is 47.7 Å². The zero-order valence-corrected chi connectivity index (χ0v) is 16.5. The van der Waals surface area contributed by atoms with E-state index in [9.17, 15) is 9.59 Å². The summed E-state index contributed by atoms with van der Waals surface area (Å²) in [5, 5.41) is 3.03. The van der Waals surface area contributed by atoms with E-state index in [4.69, 9.17) is 18.0 Å². The fourth-order valence-electron chi connectivity index (χ4n) is 2.57. The molecule has 0 saturated heterocycles. The van der Waals surface area contributed by atoms with Gasteiger partial charge in [0.25, 0.3) is 5.91 Å². The minimum Gasteiger partial charge on any atom is -0.370 e. The molecule has 0 aliphatic heterocycles. The molecule has 0 heterocycles. The first-order valence-electron chi connectivity index (χ1n) is 8.89. The number of hydrogen-bond donors (Lipinski definition) is 2. The number of nitrogens with zero attached hydrogens (tertiary/aromatic N) is 1. The van der Waals surface area contributed by atoms with E-state index in [2.05, 4.69) is 19.2 Å². The van der Waals surface area contributed by atoms with Crippen LogP contribution in [-0.2, 0) is 11.3 Å². The Kier molecular flexibility index (Phi) is 7.49. The third-order valence-electron chi connectivity index (χ3n) is 4.19. The SMILES string of the molecule is CC(C)c1ccc(C(=O)NC(=S)N(CCC(N)=O)Cc2ccccc2)cc1. The van der Waals surface area contributed by atoms with Gasteiger partial charge in [-0.2, -0.15) is 0 Å². The maximum absolute atomic E-state index is 12.5. The molecule has 27 heavy (non-hydrogen) atoms. The average molecular weight is 384 g/mol. The largest absolute Gasteiger partial charge is 0.370 e. The van der Waals surface area contributed by atoms with Crippen molar-refractivity contribution in [1.29, 1.82) is 0 Å². The topological polar surface area (TPSA) is 75.4 Å². The summed E-state index contributed by atoms with van der Waals surface area (Å²) in [5.41, 5.74) is 8.00. The molecule has 6 heteroatoms. The van der Waals surface area contributed by atoms with Gasteiger partial charge >= 0.3 is 0 Å². The summed E-state index contributed by atoms with van der Waals surface area (Å²) in [5.74, 6) is -0.280. The maximum atomic E-state index is 12.5. The third-order valence-corrected chi connectivity index (χ3v) is 4.55. The fraction of sp³-hybridized carbons (Fsp3) is 0.286. The van der Waals surface area contributed by atoms with Gasteiger partial charge in [-0.1, -0.05) is 56.3 Å². The summed E-state index contributed by atoms with van der Waals surface area (Å²) in [6.45, 7) is 5.03. The Morgan fingerprint density at radius 3 is 2.26 bits per heavy atom. The summed E-state index contributed by atoms with van der Waals surface area (Å²) in [7, 11) is 0. The van der Waals surface area contributed by atoms with Gasteiger partial charge in [0.15, 0.2) is 5.11 Å². The number of hydrogen-bond acceptors (Lipinski definition) is 3. The second-order valence-corrected chi connectivity index (χ2v) is 7.05. The predicted octanol–water partition coefficient (Wildman–Crippen LogP) is 3.20. The highest BCUT2D eigenvalue weighted by Gasteiger charge is 2.15. The molecule has 3 N–H and O–H groups in total. The van der Waals surface area contributed by atoms with E-state index in [1.807, 2.05) is 42.5 Å². The van der Waals surface area contributed by atoms with Gasteiger partial charge in [0, 0.05) is 25.1 Å². The zero-order valence-electron chi connectivity index (χ0n) is 15.6. The van der Waals surface area contributed by atoms with Crippen molar-refractivity contribution < 1.29 is 9.59 Å². The summed E-state index contributed by atoms with van der Waals surface area (Å²) < 4.78 is 0. The predicted molar refractivity (Wildman–Crippen MR) is 111 cm³/mol. The molecule has 2 aromatic carbocycles. The number of thiocarbonyl (C=S) groups is 1. The lowest BCUT2D eigenvalue weighted by molar-refractivity contribution is -0.118. The standard InChI is InChI=1S/C21H25N3O2S/c1-15(2)17-8-10-18(11-9-17)20(26)23-21(27)24(13-12-19(22)25)14-16-6-4-3-5-7-16/h3-11,15H,12-14H2,1-2H3,(H2,22,25)(H,23,26,27). The van der Waals surface area contributed by atoms with E-state index in [0.717, 1.165) is 5.56 Å². The highest BCUT2D eigenvalue weighted by atomic mass is 32.1. The third kappa shape index (κ3) is 6.49. The number of carbonyl (C=O) groups is 2. The monoisotopic (exact) mass is 383 g/mol. The lowest BCUT2D eigenvalue weighted by Crippen LogP contribution is -2.43. The number of carbonyl (C=O) groups excluding carboxylic acids is 2. The van der Waals surface area contributed by atoms with Crippen LogP contribution in [0.25, 0.3) is 0 Å². The molecule has 142 valence electrons. The number of rotatable bonds is 7. The molecule has 0 bridgehead atoms. The Hall–Kier alpha value is -2.73. The maximum Gasteiger partial charge on any atom is 0.257 e. The molecule has 0 saturated carbocycles. The Labute approximate surface area is 165 Å². The fourth-order valence-corrected chi connectivity index (χ4v) is 2.82. The molecule has 0 fully saturated rings. The number of nitrogens with two attached hydrogens (primary N) is 1. The molecule has 0 aliphatic carbocycles. The van der Waals surface area contributed by atoms with E-state index in [0.29, 0.717) is 24.6 Å². The van der Waals surface area contributed by atoms with Crippen molar-refractivity contribution in [2.75, 3.05) is 6.54 Å². The van der Waals surface area contributed by atoms with E-state index in [1.54, 1.807) is 17.0 Å². The Morgan fingerprint density at radius 2 is 1.70 bits per heavy atom. The lowest BCUT2D eigenvalue weighted by Gasteiger charge is -2.25. The van der Waals surface area contributed by atoms with Crippen molar-refractivity contribution in [3.63, 3.8) is 0 Å². The molecule has 2 amide bonds. The van der Waals surface area contributed by atoms with Crippen molar-refractivity contribution in [3.8, 4) is 0 Å². The smallest absolute Gasteiger partial charge is 0.257 e. The van der Waals surface area contributed by atoms with Crippen molar-refractivity contribution in [3.05, 3.63) is 71.3 Å². The second kappa shape index (κ2) is 9.83. The van der Waals surface area contributed by atoms with Crippen LogP contribution in [0.4, 0.5) is 0 Å². The average Bonchev–Trinajstić information content (AvgIpc) is 2.65. The van der Waals surface area contributed by atoms with Gasteiger partial charge in [-0.15, -0.1) is 0 Å². The number of primary amides is 1. The number of benzene rings is 2. The highest BCUT2D eigenvalue weighted by Crippen LogP contribution is 2.15. The highest BCUT2D eigenvalue weighted by molar-refractivity contribution is 7.80. The van der Waals surface area contributed by atoms with E-state index in [1.165, 1.54) is 5.56 Å². The normalized spacial score (nSPS) is 10.5. The van der Waals surface area contributed by atoms with Crippen LogP contribution in [0.15, 0.2) is 54.6 Å². The van der Waals surface area contributed by atoms with Crippen LogP contribution in [-0.4, -0.2) is 28.4 Å². The van der Waals surface area contributed by atoms with Crippen LogP contribution in [0.3, 0.4) is 0 Å². The Bertz CT molecular complexity index is 789. The molecule has 5 nitrogen and oxygen atoms in total. The van der Waals surface area contributed by atoms with Gasteiger partial charge < -0.3 is 10.6 Å². The molecule has 2 aromatic rings. The quantitative estimate of drug-likeness (QED) is 0.720. The van der Waals surface area contributed by atoms with Crippen molar-refractivity contribution >= 4 is 29.1 Å². The first-order valence-corrected chi connectivity index (χ1v) is 9.30. The van der Waals surface area contributed by atoms with E-state index < -0.39 is 5.91 Å². The van der Waals surface area contributed by atoms with Crippen molar-refractivity contribution in [1.82, 2.24) is 10.2 Å². The molecular weight excluding hydrogens is 358 g/mol. The summed E-state index contributed by atoms with van der Waals surface area (Å²) >= 11 is 5.41. The van der Waals surface area contributed by atoms with Gasteiger partial charge in [-0.25, -0.2) is 0 Å². The van der Waals surface area contributed by atoms with Crippen LogP contribution >= 0.6 is 12.2 Å². The van der Waals surface area contributed by atoms with E-state index >= 15 is 0 Å². The van der Waals surface area contributed by atoms with Crippen LogP contribution < -0.4 is 11.1 Å². The molecule has 0 aromatic heterocycles. The van der Waals surface area contributed by atoms with Gasteiger partial charge in [-0.05, 0) is 41.4 Å². The van der Waals surface area contributed by atoms with Gasteiger partial charge in [0.2, 0.25) is 5.91 Å². The van der Waals surface area contributed by atoms with Crippen LogP contribution in [0, 0.1) is 0 Å². The molecule has 2 rings (SSSR count). The zero-order chi connectivity index (χ0) is 19.8. The second-order valence-electron chi connectivity index (χ2n) is 6.66. The lowest BCUT2D eigenvalue weighted by atomic mass is 10.0. The van der Waals surface area contributed by atoms with E-state index in [-0.39, 0.29) is 17.4 Å². The molecule has 0 spiro atoms. The van der Waals surface area contributed by atoms with Gasteiger partial charge in [-0.3, -0.25) is 14.9 Å².